The number of morpholine rings is 1. The Morgan fingerprint density at radius 2 is 1.77 bits per heavy atom. The van der Waals surface area contributed by atoms with Crippen LogP contribution in [0.15, 0.2) is 23.8 Å². The molecule has 9 heteroatoms. The molecule has 2 saturated heterocycles. The van der Waals surface area contributed by atoms with Crippen molar-refractivity contribution < 1.29 is 38.1 Å². The number of ether oxygens (including phenoxy) is 5. The molecule has 0 unspecified atom stereocenters. The van der Waals surface area contributed by atoms with Gasteiger partial charge >= 0.3 is 11.9 Å². The molecule has 2 aliphatic heterocycles. The van der Waals surface area contributed by atoms with Crippen molar-refractivity contribution >= 4 is 23.9 Å². The normalized spacial score (nSPS) is 18.4. The van der Waals surface area contributed by atoms with Crippen LogP contribution in [-0.2, 0) is 28.6 Å². The minimum atomic E-state index is -1.30. The number of carbonyl (C=O) groups is 3. The molecule has 2 fully saturated rings. The molecule has 1 aromatic rings. The van der Waals surface area contributed by atoms with Gasteiger partial charge in [0, 0.05) is 26.9 Å². The van der Waals surface area contributed by atoms with Gasteiger partial charge in [0.25, 0.3) is 11.7 Å². The molecule has 0 aliphatic carbocycles. The summed E-state index contributed by atoms with van der Waals surface area (Å²) in [5, 5.41) is 0. The molecule has 0 aromatic heterocycles. The Bertz CT molecular complexity index is 833. The van der Waals surface area contributed by atoms with Gasteiger partial charge in [-0.3, -0.25) is 4.79 Å². The molecule has 0 spiro atoms. The number of rotatable bonds is 6. The second-order valence-corrected chi connectivity index (χ2v) is 7.16. The van der Waals surface area contributed by atoms with Crippen molar-refractivity contribution in [3.05, 3.63) is 29.3 Å². The largest absolute Gasteiger partial charge is 0.490 e. The van der Waals surface area contributed by atoms with E-state index in [1.165, 1.54) is 19.9 Å². The third-order valence-corrected chi connectivity index (χ3v) is 4.41. The Balaban J connectivity index is 1.74. The lowest BCUT2D eigenvalue weighted by Gasteiger charge is -2.29. The van der Waals surface area contributed by atoms with E-state index >= 15 is 0 Å². The summed E-state index contributed by atoms with van der Waals surface area (Å²) < 4.78 is 26.7. The monoisotopic (exact) mass is 419 g/mol. The predicted octanol–water partition coefficient (Wildman–Crippen LogP) is 1.54. The highest BCUT2D eigenvalue weighted by molar-refractivity contribution is 6.18. The molecule has 0 saturated carbocycles. The highest BCUT2D eigenvalue weighted by atomic mass is 16.7. The molecule has 0 radical (unpaired) electrons. The van der Waals surface area contributed by atoms with Gasteiger partial charge in [-0.15, -0.1) is 0 Å². The van der Waals surface area contributed by atoms with Crippen molar-refractivity contribution in [3.63, 3.8) is 0 Å². The predicted molar refractivity (Wildman–Crippen MR) is 105 cm³/mol. The average molecular weight is 419 g/mol. The zero-order valence-corrected chi connectivity index (χ0v) is 17.3. The summed E-state index contributed by atoms with van der Waals surface area (Å²) in [6, 6.07) is 4.88. The fourth-order valence-corrected chi connectivity index (χ4v) is 2.99. The average Bonchev–Trinajstić information content (AvgIpc) is 2.70. The molecule has 2 heterocycles. The van der Waals surface area contributed by atoms with Crippen molar-refractivity contribution in [2.45, 2.75) is 26.6 Å². The maximum atomic E-state index is 12.3. The van der Waals surface area contributed by atoms with Gasteiger partial charge in [0.2, 0.25) is 0 Å². The summed E-state index contributed by atoms with van der Waals surface area (Å²) in [5.74, 6) is -2.18. The Morgan fingerprint density at radius 1 is 1.10 bits per heavy atom. The third kappa shape index (κ3) is 5.29. The number of hydrogen-bond acceptors (Lipinski definition) is 8. The highest BCUT2D eigenvalue weighted by Gasteiger charge is 2.38. The van der Waals surface area contributed by atoms with E-state index in [4.69, 9.17) is 23.7 Å². The zero-order valence-electron chi connectivity index (χ0n) is 17.3. The van der Waals surface area contributed by atoms with Crippen LogP contribution in [0.5, 0.6) is 11.5 Å². The van der Waals surface area contributed by atoms with Crippen molar-refractivity contribution in [2.24, 2.45) is 0 Å². The van der Waals surface area contributed by atoms with E-state index in [9.17, 15) is 14.4 Å². The fourth-order valence-electron chi connectivity index (χ4n) is 2.99. The van der Waals surface area contributed by atoms with Crippen LogP contribution in [0.3, 0.4) is 0 Å². The lowest BCUT2D eigenvalue weighted by molar-refractivity contribution is -0.222. The SMILES string of the molecule is CCOc1cc(C=C2C(=O)OC(C)(C)OC2=O)ccc1OCC(=O)N1CCOCC1. The molecule has 162 valence electrons. The smallest absolute Gasteiger partial charge is 0.348 e. The van der Waals surface area contributed by atoms with Gasteiger partial charge in [0.15, 0.2) is 18.1 Å². The minimum Gasteiger partial charge on any atom is -0.490 e. The Hall–Kier alpha value is -3.07. The third-order valence-electron chi connectivity index (χ3n) is 4.41. The maximum Gasteiger partial charge on any atom is 0.348 e. The van der Waals surface area contributed by atoms with Crippen molar-refractivity contribution in [2.75, 3.05) is 39.5 Å². The first kappa shape index (κ1) is 21.6. The zero-order chi connectivity index (χ0) is 21.7. The second kappa shape index (κ2) is 9.17. The number of esters is 2. The molecule has 9 nitrogen and oxygen atoms in total. The van der Waals surface area contributed by atoms with Crippen LogP contribution in [0, 0.1) is 0 Å². The standard InChI is InChI=1S/C21H25NO8/c1-4-27-17-12-14(11-15-19(24)29-21(2,3)30-20(15)25)5-6-16(17)28-13-18(23)22-7-9-26-10-8-22/h5-6,11-12H,4,7-10,13H2,1-3H3. The van der Waals surface area contributed by atoms with Crippen LogP contribution >= 0.6 is 0 Å². The van der Waals surface area contributed by atoms with Crippen molar-refractivity contribution in [1.82, 2.24) is 4.90 Å². The number of cyclic esters (lactones) is 2. The van der Waals surface area contributed by atoms with Gasteiger partial charge in [0.1, 0.15) is 5.57 Å². The summed E-state index contributed by atoms with van der Waals surface area (Å²) in [5.41, 5.74) is 0.307. The second-order valence-electron chi connectivity index (χ2n) is 7.16. The molecular weight excluding hydrogens is 394 g/mol. The molecule has 30 heavy (non-hydrogen) atoms. The number of amides is 1. The van der Waals surface area contributed by atoms with Crippen LogP contribution in [-0.4, -0.2) is 68.0 Å². The summed E-state index contributed by atoms with van der Waals surface area (Å²) in [6.45, 7) is 7.12. The van der Waals surface area contributed by atoms with Crippen LogP contribution in [0.2, 0.25) is 0 Å². The molecular formula is C21H25NO8. The number of benzene rings is 1. The summed E-state index contributed by atoms with van der Waals surface area (Å²) >= 11 is 0. The van der Waals surface area contributed by atoms with Gasteiger partial charge in [-0.1, -0.05) is 6.07 Å². The molecule has 0 N–H and O–H groups in total. The van der Waals surface area contributed by atoms with E-state index in [1.54, 1.807) is 23.1 Å². The topological polar surface area (TPSA) is 101 Å². The van der Waals surface area contributed by atoms with Crippen molar-refractivity contribution in [1.29, 1.82) is 0 Å². The first-order valence-electron chi connectivity index (χ1n) is 9.72. The maximum absolute atomic E-state index is 12.3. The molecule has 1 amide bonds. The summed E-state index contributed by atoms with van der Waals surface area (Å²) in [6.07, 6.45) is 1.37. The quantitative estimate of drug-likeness (QED) is 0.389. The fraction of sp³-hybridized carbons (Fsp3) is 0.476. The van der Waals surface area contributed by atoms with E-state index in [0.29, 0.717) is 50.0 Å². The number of nitrogens with zero attached hydrogens (tertiary/aromatic N) is 1. The summed E-state index contributed by atoms with van der Waals surface area (Å²) in [7, 11) is 0. The van der Waals surface area contributed by atoms with E-state index in [2.05, 4.69) is 0 Å². The van der Waals surface area contributed by atoms with E-state index in [0.717, 1.165) is 0 Å². The number of carbonyl (C=O) groups excluding carboxylic acids is 3. The van der Waals surface area contributed by atoms with Crippen LogP contribution in [0.4, 0.5) is 0 Å². The van der Waals surface area contributed by atoms with Gasteiger partial charge in [-0.2, -0.15) is 0 Å². The Labute approximate surface area is 174 Å². The van der Waals surface area contributed by atoms with Gasteiger partial charge in [-0.25, -0.2) is 9.59 Å². The molecule has 2 aliphatic rings. The van der Waals surface area contributed by atoms with Gasteiger partial charge < -0.3 is 28.6 Å². The van der Waals surface area contributed by atoms with Crippen LogP contribution in [0.1, 0.15) is 26.3 Å². The Morgan fingerprint density at radius 3 is 2.40 bits per heavy atom. The van der Waals surface area contributed by atoms with Gasteiger partial charge in [-0.05, 0) is 30.7 Å². The highest BCUT2D eigenvalue weighted by Crippen LogP contribution is 2.31. The van der Waals surface area contributed by atoms with Gasteiger partial charge in [0.05, 0.1) is 19.8 Å². The lowest BCUT2D eigenvalue weighted by Crippen LogP contribution is -2.43. The van der Waals surface area contributed by atoms with E-state index in [-0.39, 0.29) is 18.1 Å². The van der Waals surface area contributed by atoms with E-state index in [1.807, 2.05) is 6.92 Å². The van der Waals surface area contributed by atoms with E-state index < -0.39 is 17.7 Å². The van der Waals surface area contributed by atoms with Crippen LogP contribution in [0.25, 0.3) is 6.08 Å². The summed E-state index contributed by atoms with van der Waals surface area (Å²) in [4.78, 5) is 38.2. The molecule has 3 rings (SSSR count). The lowest BCUT2D eigenvalue weighted by atomic mass is 10.1. The first-order chi connectivity index (χ1) is 14.3. The van der Waals surface area contributed by atoms with Crippen LogP contribution < -0.4 is 9.47 Å². The molecule has 1 aromatic carbocycles. The molecule has 0 bridgehead atoms. The number of hydrogen-bond donors (Lipinski definition) is 0. The molecule has 0 atom stereocenters. The first-order valence-corrected chi connectivity index (χ1v) is 9.72. The van der Waals surface area contributed by atoms with Crippen molar-refractivity contribution in [3.8, 4) is 11.5 Å². The Kier molecular flexibility index (Phi) is 6.61. The minimum absolute atomic E-state index is 0.131.